The van der Waals surface area contributed by atoms with E-state index in [2.05, 4.69) is 27.3 Å². The molecular weight excluding hydrogens is 306 g/mol. The molecule has 2 atom stereocenters. The second-order valence-electron chi connectivity index (χ2n) is 5.66. The molecule has 2 unspecified atom stereocenters. The number of rotatable bonds is 3. The van der Waals surface area contributed by atoms with Crippen LogP contribution in [0.1, 0.15) is 37.7 Å². The molecule has 2 aliphatic carbocycles. The Bertz CT molecular complexity index is 499. The Hall–Kier alpha value is -0.870. The van der Waals surface area contributed by atoms with E-state index < -0.39 is 6.10 Å². The fourth-order valence-electron chi connectivity index (χ4n) is 3.01. The third-order valence-electron chi connectivity index (χ3n) is 4.32. The number of benzene rings is 1. The Morgan fingerprint density at radius 3 is 2.63 bits per heavy atom. The smallest absolute Gasteiger partial charge is 0.226 e. The van der Waals surface area contributed by atoms with E-state index in [-0.39, 0.29) is 17.4 Å². The molecule has 102 valence electrons. The van der Waals surface area contributed by atoms with Gasteiger partial charge in [0.25, 0.3) is 0 Å². The number of halogens is 1. The van der Waals surface area contributed by atoms with Gasteiger partial charge in [-0.1, -0.05) is 34.1 Å². The van der Waals surface area contributed by atoms with Crippen LogP contribution in [0.25, 0.3) is 0 Å². The molecule has 3 rings (SSSR count). The molecular formula is C15H18BrNO2. The largest absolute Gasteiger partial charge is 0.392 e. The SMILES string of the molecule is O=C(NC1(c2ccccc2Br)CC1)C1CCCC1O. The van der Waals surface area contributed by atoms with Gasteiger partial charge in [-0.05, 0) is 43.7 Å². The van der Waals surface area contributed by atoms with Crippen LogP contribution in [0.3, 0.4) is 0 Å². The molecule has 0 radical (unpaired) electrons. The van der Waals surface area contributed by atoms with E-state index in [1.165, 1.54) is 0 Å². The second kappa shape index (κ2) is 4.91. The first-order valence-corrected chi connectivity index (χ1v) is 7.67. The quantitative estimate of drug-likeness (QED) is 0.898. The van der Waals surface area contributed by atoms with Crippen LogP contribution in [0.2, 0.25) is 0 Å². The molecule has 1 amide bonds. The monoisotopic (exact) mass is 323 g/mol. The Morgan fingerprint density at radius 1 is 1.32 bits per heavy atom. The van der Waals surface area contributed by atoms with Gasteiger partial charge in [-0.15, -0.1) is 0 Å². The van der Waals surface area contributed by atoms with Crippen molar-refractivity contribution in [2.75, 3.05) is 0 Å². The maximum absolute atomic E-state index is 12.3. The molecule has 1 aromatic rings. The number of carbonyl (C=O) groups excluding carboxylic acids is 1. The molecule has 0 bridgehead atoms. The van der Waals surface area contributed by atoms with Crippen molar-refractivity contribution in [1.29, 1.82) is 0 Å². The van der Waals surface area contributed by atoms with Gasteiger partial charge >= 0.3 is 0 Å². The maximum atomic E-state index is 12.3. The molecule has 2 aliphatic rings. The fraction of sp³-hybridized carbons (Fsp3) is 0.533. The summed E-state index contributed by atoms with van der Waals surface area (Å²) in [5.41, 5.74) is 0.940. The number of aliphatic hydroxyl groups excluding tert-OH is 1. The highest BCUT2D eigenvalue weighted by atomic mass is 79.9. The van der Waals surface area contributed by atoms with Gasteiger partial charge in [-0.2, -0.15) is 0 Å². The zero-order chi connectivity index (χ0) is 13.5. The second-order valence-corrected chi connectivity index (χ2v) is 6.51. The summed E-state index contributed by atoms with van der Waals surface area (Å²) in [7, 11) is 0. The van der Waals surface area contributed by atoms with Crippen LogP contribution < -0.4 is 5.32 Å². The van der Waals surface area contributed by atoms with E-state index >= 15 is 0 Å². The molecule has 0 aromatic heterocycles. The first-order chi connectivity index (χ1) is 9.12. The number of amides is 1. The Balaban J connectivity index is 1.76. The number of hydrogen-bond donors (Lipinski definition) is 2. The van der Waals surface area contributed by atoms with Gasteiger partial charge < -0.3 is 10.4 Å². The van der Waals surface area contributed by atoms with Crippen LogP contribution in [0.5, 0.6) is 0 Å². The molecule has 0 heterocycles. The number of aliphatic hydroxyl groups is 1. The molecule has 3 nitrogen and oxygen atoms in total. The highest BCUT2D eigenvalue weighted by Gasteiger charge is 2.48. The Morgan fingerprint density at radius 2 is 2.05 bits per heavy atom. The topological polar surface area (TPSA) is 49.3 Å². The minimum Gasteiger partial charge on any atom is -0.392 e. The van der Waals surface area contributed by atoms with Gasteiger partial charge in [0.15, 0.2) is 0 Å². The summed E-state index contributed by atoms with van der Waals surface area (Å²) >= 11 is 3.56. The first kappa shape index (κ1) is 13.1. The van der Waals surface area contributed by atoms with Crippen molar-refractivity contribution in [3.8, 4) is 0 Å². The van der Waals surface area contributed by atoms with E-state index in [0.29, 0.717) is 0 Å². The fourth-order valence-corrected chi connectivity index (χ4v) is 3.68. The van der Waals surface area contributed by atoms with Crippen molar-refractivity contribution in [3.05, 3.63) is 34.3 Å². The zero-order valence-electron chi connectivity index (χ0n) is 10.7. The number of nitrogens with one attached hydrogen (secondary N) is 1. The number of carbonyl (C=O) groups is 1. The lowest BCUT2D eigenvalue weighted by atomic mass is 10.0. The van der Waals surface area contributed by atoms with Crippen LogP contribution in [-0.2, 0) is 10.3 Å². The van der Waals surface area contributed by atoms with Gasteiger partial charge in [0, 0.05) is 4.47 Å². The summed E-state index contributed by atoms with van der Waals surface area (Å²) in [6.07, 6.45) is 3.99. The molecule has 2 N–H and O–H groups in total. The summed E-state index contributed by atoms with van der Waals surface area (Å²) < 4.78 is 1.04. The van der Waals surface area contributed by atoms with Crippen LogP contribution in [0.4, 0.5) is 0 Å². The van der Waals surface area contributed by atoms with E-state index in [9.17, 15) is 9.90 Å². The normalized spacial score (nSPS) is 28.1. The summed E-state index contributed by atoms with van der Waals surface area (Å²) in [6, 6.07) is 8.04. The van der Waals surface area contributed by atoms with E-state index in [0.717, 1.165) is 42.1 Å². The van der Waals surface area contributed by atoms with Gasteiger partial charge in [-0.3, -0.25) is 4.79 Å². The molecule has 19 heavy (non-hydrogen) atoms. The van der Waals surface area contributed by atoms with Crippen molar-refractivity contribution < 1.29 is 9.90 Å². The summed E-state index contributed by atoms with van der Waals surface area (Å²) in [5.74, 6) is -0.210. The summed E-state index contributed by atoms with van der Waals surface area (Å²) in [4.78, 5) is 12.3. The third-order valence-corrected chi connectivity index (χ3v) is 5.01. The lowest BCUT2D eigenvalue weighted by Gasteiger charge is -2.23. The van der Waals surface area contributed by atoms with Crippen LogP contribution >= 0.6 is 15.9 Å². The summed E-state index contributed by atoms with van der Waals surface area (Å²) in [6.45, 7) is 0. The molecule has 0 aliphatic heterocycles. The highest BCUT2D eigenvalue weighted by molar-refractivity contribution is 9.10. The van der Waals surface area contributed by atoms with E-state index in [1.807, 2.05) is 18.2 Å². The van der Waals surface area contributed by atoms with Crippen LogP contribution in [0, 0.1) is 5.92 Å². The molecule has 2 saturated carbocycles. The van der Waals surface area contributed by atoms with Crippen molar-refractivity contribution in [3.63, 3.8) is 0 Å². The predicted molar refractivity (Wildman–Crippen MR) is 76.5 cm³/mol. The standard InChI is InChI=1S/C15H18BrNO2/c16-12-6-2-1-5-11(12)15(8-9-15)17-14(19)10-4-3-7-13(10)18/h1-2,5-6,10,13,18H,3-4,7-9H2,(H,17,19). The average Bonchev–Trinajstić information content (AvgIpc) is 3.02. The Labute approximate surface area is 121 Å². The maximum Gasteiger partial charge on any atom is 0.226 e. The minimum absolute atomic E-state index is 0.0123. The summed E-state index contributed by atoms with van der Waals surface area (Å²) in [5, 5.41) is 13.0. The molecule has 4 heteroatoms. The third kappa shape index (κ3) is 2.43. The molecule has 0 spiro atoms. The van der Waals surface area contributed by atoms with E-state index in [1.54, 1.807) is 0 Å². The highest BCUT2D eigenvalue weighted by Crippen LogP contribution is 2.48. The lowest BCUT2D eigenvalue weighted by Crippen LogP contribution is -2.41. The predicted octanol–water partition coefficient (Wildman–Crippen LogP) is 2.72. The molecule has 0 saturated heterocycles. The first-order valence-electron chi connectivity index (χ1n) is 6.87. The molecule has 2 fully saturated rings. The van der Waals surface area contributed by atoms with Crippen molar-refractivity contribution in [2.24, 2.45) is 5.92 Å². The average molecular weight is 324 g/mol. The van der Waals surface area contributed by atoms with Crippen molar-refractivity contribution >= 4 is 21.8 Å². The van der Waals surface area contributed by atoms with Crippen LogP contribution in [-0.4, -0.2) is 17.1 Å². The zero-order valence-corrected chi connectivity index (χ0v) is 12.3. The van der Waals surface area contributed by atoms with Crippen molar-refractivity contribution in [1.82, 2.24) is 5.32 Å². The number of hydrogen-bond acceptors (Lipinski definition) is 2. The Kier molecular flexibility index (Phi) is 3.39. The van der Waals surface area contributed by atoms with Crippen LogP contribution in [0.15, 0.2) is 28.7 Å². The van der Waals surface area contributed by atoms with Gasteiger partial charge in [0.1, 0.15) is 0 Å². The van der Waals surface area contributed by atoms with Gasteiger partial charge in [-0.25, -0.2) is 0 Å². The minimum atomic E-state index is -0.463. The van der Waals surface area contributed by atoms with E-state index in [4.69, 9.17) is 0 Å². The van der Waals surface area contributed by atoms with Gasteiger partial charge in [0.05, 0.1) is 17.6 Å². The van der Waals surface area contributed by atoms with Crippen molar-refractivity contribution in [2.45, 2.75) is 43.7 Å². The lowest BCUT2D eigenvalue weighted by molar-refractivity contribution is -0.128. The molecule has 1 aromatic carbocycles. The van der Waals surface area contributed by atoms with Gasteiger partial charge in [0.2, 0.25) is 5.91 Å².